The summed E-state index contributed by atoms with van der Waals surface area (Å²) in [6, 6.07) is 30.2. The molecular formula is C45H42B14N4O. The second kappa shape index (κ2) is 15.4. The van der Waals surface area contributed by atoms with E-state index >= 15 is 0 Å². The number of furan rings is 1. The molecule has 0 aliphatic rings. The van der Waals surface area contributed by atoms with Gasteiger partial charge in [0.15, 0.2) is 17.5 Å². The summed E-state index contributed by atoms with van der Waals surface area (Å²) in [6.07, 6.45) is 0. The third kappa shape index (κ3) is 6.16. The Morgan fingerprint density at radius 3 is 1.28 bits per heavy atom. The molecule has 3 aromatic heterocycles. The minimum atomic E-state index is 0.621. The molecule has 0 unspecified atom stereocenters. The van der Waals surface area contributed by atoms with Gasteiger partial charge in [0.2, 0.25) is 0 Å². The van der Waals surface area contributed by atoms with Crippen LogP contribution in [0.2, 0.25) is 0 Å². The van der Waals surface area contributed by atoms with Gasteiger partial charge in [-0.15, -0.1) is 38.2 Å². The highest BCUT2D eigenvalue weighted by atomic mass is 16.3. The number of rotatable bonds is 5. The van der Waals surface area contributed by atoms with E-state index in [1.165, 1.54) is 109 Å². The molecule has 0 fully saturated rings. The zero-order valence-corrected chi connectivity index (χ0v) is 39.8. The molecule has 0 spiro atoms. The zero-order valence-electron chi connectivity index (χ0n) is 39.8. The Morgan fingerprint density at radius 2 is 0.750 bits per heavy atom. The van der Waals surface area contributed by atoms with E-state index in [0.717, 1.165) is 44.3 Å². The van der Waals surface area contributed by atoms with Crippen LogP contribution >= 0.6 is 0 Å². The van der Waals surface area contributed by atoms with Crippen LogP contribution < -0.4 is 76.5 Å². The van der Waals surface area contributed by atoms with Gasteiger partial charge in [-0.1, -0.05) is 80.7 Å². The van der Waals surface area contributed by atoms with Gasteiger partial charge < -0.3 is 8.98 Å². The van der Waals surface area contributed by atoms with Gasteiger partial charge in [0.25, 0.3) is 0 Å². The first-order valence-corrected chi connectivity index (χ1v) is 22.6. The fourth-order valence-electron chi connectivity index (χ4n) is 10.7. The lowest BCUT2D eigenvalue weighted by atomic mass is 9.56. The quantitative estimate of drug-likeness (QED) is 0.163. The topological polar surface area (TPSA) is 56.7 Å². The van der Waals surface area contributed by atoms with Crippen LogP contribution in [0.1, 0.15) is 0 Å². The van der Waals surface area contributed by atoms with Crippen molar-refractivity contribution < 1.29 is 4.42 Å². The Bertz CT molecular complexity index is 3590. The van der Waals surface area contributed by atoms with Gasteiger partial charge in [0, 0.05) is 43.9 Å². The predicted molar refractivity (Wildman–Crippen MR) is 318 cm³/mol. The summed E-state index contributed by atoms with van der Waals surface area (Å²) < 4.78 is 9.03. The first kappa shape index (κ1) is 42.0. The number of aromatic nitrogens is 4. The largest absolute Gasteiger partial charge is 0.456 e. The molecule has 0 saturated carbocycles. The molecule has 0 radical (unpaired) electrons. The van der Waals surface area contributed by atoms with Crippen LogP contribution in [0.5, 0.6) is 0 Å². The summed E-state index contributed by atoms with van der Waals surface area (Å²) in [6.45, 7) is 0. The molecule has 7 aromatic carbocycles. The second-order valence-electron chi connectivity index (χ2n) is 18.4. The number of benzene rings is 7. The summed E-state index contributed by atoms with van der Waals surface area (Å²) in [5.41, 5.74) is 28.6. The first-order valence-electron chi connectivity index (χ1n) is 22.6. The van der Waals surface area contributed by atoms with Crippen molar-refractivity contribution in [3.8, 4) is 51.0 Å². The van der Waals surface area contributed by atoms with E-state index < -0.39 is 0 Å². The van der Waals surface area contributed by atoms with E-state index in [0.29, 0.717) is 17.5 Å². The van der Waals surface area contributed by atoms with Crippen LogP contribution in [0.25, 0.3) is 94.7 Å². The number of hydrogen-bond acceptors (Lipinski definition) is 4. The van der Waals surface area contributed by atoms with E-state index in [2.05, 4.69) is 199 Å². The van der Waals surface area contributed by atoms with Gasteiger partial charge in [-0.05, 0) is 53.6 Å². The van der Waals surface area contributed by atoms with Gasteiger partial charge in [0.05, 0.1) is 11.0 Å². The van der Waals surface area contributed by atoms with Crippen molar-refractivity contribution in [1.29, 1.82) is 0 Å². The fraction of sp³-hybridized carbons (Fsp3) is 0. The molecule has 0 saturated heterocycles. The van der Waals surface area contributed by atoms with Crippen molar-refractivity contribution in [3.05, 3.63) is 84.9 Å². The van der Waals surface area contributed by atoms with Crippen molar-refractivity contribution in [3.63, 3.8) is 0 Å². The van der Waals surface area contributed by atoms with Crippen molar-refractivity contribution in [1.82, 2.24) is 19.5 Å². The van der Waals surface area contributed by atoms with E-state index in [4.69, 9.17) is 19.4 Å². The summed E-state index contributed by atoms with van der Waals surface area (Å²) in [4.78, 5) is 16.3. The molecule has 3 heterocycles. The predicted octanol–water partition coefficient (Wildman–Crippen LogP) is -12.8. The SMILES string of the molecule is Bc1c(B)c(B)c(-c2nc(-c3ccc4c(c3)oc3ccc(-n5c6ccccc6c6ccccc65)cc34)nc(-c3c(B)c(B)c(B)c(-c4c(B)c(B)c(B)c(B)c4B)c3B)n2)c(B)c1B. The molecule has 0 amide bonds. The lowest BCUT2D eigenvalue weighted by molar-refractivity contribution is 0.669. The number of hydrogen-bond donors (Lipinski definition) is 0. The van der Waals surface area contributed by atoms with Gasteiger partial charge >= 0.3 is 0 Å². The lowest BCUT2D eigenvalue weighted by Crippen LogP contribution is -2.57. The van der Waals surface area contributed by atoms with Crippen molar-refractivity contribution in [2.45, 2.75) is 0 Å². The highest BCUT2D eigenvalue weighted by molar-refractivity contribution is 6.71. The standard InChI is InChI=1S/C45H42B14N4O/c46-29-25(26-31(48)37(54)41(58)38(55)32(26)49)30(47)36(53)33(50)27(29)44-60-43(61-45(62-44)28-34(51)39(56)42(59)40(57)35(28)52)15-9-11-19-20-14-16(10-12-23(20)64-24(19)13-15)63-21-7-3-1-5-17(21)18-6-2-4-8-22(18)63/h1-14H,46-59H2. The second-order valence-corrected chi connectivity index (χ2v) is 18.4. The van der Waals surface area contributed by atoms with Crippen LogP contribution in [0.15, 0.2) is 89.3 Å². The molecule has 10 rings (SSSR count). The Morgan fingerprint density at radius 1 is 0.328 bits per heavy atom. The highest BCUT2D eigenvalue weighted by Gasteiger charge is 2.25. The number of fused-ring (bicyclic) bond motifs is 6. The Balaban J connectivity index is 1.20. The first-order chi connectivity index (χ1) is 30.6. The van der Waals surface area contributed by atoms with Crippen LogP contribution in [0.3, 0.4) is 0 Å². The molecule has 10 aromatic rings. The average Bonchev–Trinajstić information content (AvgIpc) is 3.84. The lowest BCUT2D eigenvalue weighted by Gasteiger charge is -2.27. The van der Waals surface area contributed by atoms with Gasteiger partial charge in [-0.2, -0.15) is 0 Å². The molecule has 64 heavy (non-hydrogen) atoms. The zero-order chi connectivity index (χ0) is 45.2. The van der Waals surface area contributed by atoms with Crippen LogP contribution in [-0.2, 0) is 0 Å². The minimum absolute atomic E-state index is 0.621. The van der Waals surface area contributed by atoms with E-state index in [9.17, 15) is 0 Å². The molecule has 19 heteroatoms. The maximum absolute atomic E-state index is 6.68. The Labute approximate surface area is 387 Å². The summed E-state index contributed by atoms with van der Waals surface area (Å²) in [5, 5.41) is 4.60. The maximum atomic E-state index is 6.68. The van der Waals surface area contributed by atoms with Crippen LogP contribution in [0.4, 0.5) is 0 Å². The van der Waals surface area contributed by atoms with Crippen molar-refractivity contribution >= 4 is 230 Å². The number of nitrogens with zero attached hydrogens (tertiary/aromatic N) is 4. The molecule has 290 valence electrons. The number of para-hydroxylation sites is 2. The monoisotopic (exact) mass is 808 g/mol. The smallest absolute Gasteiger partial charge is 0.164 e. The van der Waals surface area contributed by atoms with Gasteiger partial charge in [-0.25, -0.2) is 15.0 Å². The summed E-state index contributed by atoms with van der Waals surface area (Å²) in [7, 11) is 31.4. The minimum Gasteiger partial charge on any atom is -0.456 e. The molecule has 0 aliphatic carbocycles. The normalized spacial score (nSPS) is 11.7. The van der Waals surface area contributed by atoms with Crippen molar-refractivity contribution in [2.75, 3.05) is 0 Å². The Hall–Kier alpha value is -5.94. The molecule has 0 atom stereocenters. The van der Waals surface area contributed by atoms with Gasteiger partial charge in [-0.3, -0.25) is 0 Å². The third-order valence-electron chi connectivity index (χ3n) is 15.5. The van der Waals surface area contributed by atoms with Gasteiger partial charge in [0.1, 0.15) is 121 Å². The van der Waals surface area contributed by atoms with Crippen LogP contribution in [-0.4, -0.2) is 129 Å². The summed E-state index contributed by atoms with van der Waals surface area (Å²) >= 11 is 0. The van der Waals surface area contributed by atoms with E-state index in [-0.39, 0.29) is 0 Å². The maximum Gasteiger partial charge on any atom is 0.164 e. The molecule has 5 nitrogen and oxygen atoms in total. The van der Waals surface area contributed by atoms with E-state index in [1.807, 2.05) is 0 Å². The third-order valence-corrected chi connectivity index (χ3v) is 15.5. The fourth-order valence-corrected chi connectivity index (χ4v) is 10.7. The summed E-state index contributed by atoms with van der Waals surface area (Å²) in [5.74, 6) is 2.00. The molecule has 0 bridgehead atoms. The van der Waals surface area contributed by atoms with Crippen molar-refractivity contribution in [2.24, 2.45) is 0 Å². The highest BCUT2D eigenvalue weighted by Crippen LogP contribution is 2.36. The molecule has 0 aliphatic heterocycles. The molecular weight excluding hydrogens is 764 g/mol. The van der Waals surface area contributed by atoms with Crippen LogP contribution in [0, 0.1) is 0 Å². The Kier molecular flexibility index (Phi) is 10.1. The van der Waals surface area contributed by atoms with E-state index in [1.54, 1.807) is 0 Å². The molecule has 0 N–H and O–H groups in total. The average molecular weight is 806 g/mol.